The molecule has 0 aliphatic rings. The molecule has 0 spiro atoms. The minimum atomic E-state index is -4.81. The Hall–Kier alpha value is -1.59. The number of rotatable bonds is 11. The van der Waals surface area contributed by atoms with Gasteiger partial charge in [-0.3, -0.25) is 4.79 Å². The van der Waals surface area contributed by atoms with Crippen LogP contribution < -0.4 is 0 Å². The Morgan fingerprint density at radius 3 is 2.04 bits per heavy atom. The van der Waals surface area contributed by atoms with E-state index < -0.39 is 29.0 Å². The summed E-state index contributed by atoms with van der Waals surface area (Å²) in [4.78, 5) is 14.2. The topological polar surface area (TPSA) is 20.3 Å². The zero-order valence-electron chi connectivity index (χ0n) is 15.7. The van der Waals surface area contributed by atoms with Crippen molar-refractivity contribution >= 4 is 5.91 Å². The molecule has 0 heterocycles. The van der Waals surface area contributed by atoms with Crippen molar-refractivity contribution in [1.29, 1.82) is 0 Å². The Labute approximate surface area is 153 Å². The van der Waals surface area contributed by atoms with E-state index >= 15 is 0 Å². The lowest BCUT2D eigenvalue weighted by Gasteiger charge is -2.23. The molecule has 0 fully saturated rings. The zero-order chi connectivity index (χ0) is 19.6. The third kappa shape index (κ3) is 6.96. The molecule has 0 aliphatic heterocycles. The van der Waals surface area contributed by atoms with Gasteiger partial charge >= 0.3 is 6.18 Å². The minimum absolute atomic E-state index is 0.441. The lowest BCUT2D eigenvalue weighted by Crippen LogP contribution is -2.34. The van der Waals surface area contributed by atoms with Gasteiger partial charge in [-0.15, -0.1) is 0 Å². The molecule has 0 saturated carbocycles. The Kier molecular flexibility index (Phi) is 9.66. The lowest BCUT2D eigenvalue weighted by molar-refractivity contribution is -0.140. The molecule has 0 N–H and O–H groups in total. The number of halogens is 4. The summed E-state index contributed by atoms with van der Waals surface area (Å²) in [5.74, 6) is -2.13. The van der Waals surface area contributed by atoms with Crippen molar-refractivity contribution in [1.82, 2.24) is 4.90 Å². The summed E-state index contributed by atoms with van der Waals surface area (Å²) in [7, 11) is 0. The van der Waals surface area contributed by atoms with E-state index in [0.29, 0.717) is 19.2 Å². The van der Waals surface area contributed by atoms with Crippen LogP contribution in [0.2, 0.25) is 0 Å². The number of carbonyl (C=O) groups excluding carboxylic acids is 1. The average molecular weight is 375 g/mol. The van der Waals surface area contributed by atoms with E-state index in [0.717, 1.165) is 63.5 Å². The molecule has 0 unspecified atom stereocenters. The standard InChI is InChI=1S/C20H29F4NO/c1-3-5-7-8-10-15-25(14-9-6-4-2)19(26)16-12-11-13-17(18(16)21)20(22,23)24/h11-13H,3-10,14-15H2,1-2H3. The van der Waals surface area contributed by atoms with Crippen molar-refractivity contribution < 1.29 is 22.4 Å². The molecule has 0 saturated heterocycles. The summed E-state index contributed by atoms with van der Waals surface area (Å²) in [6.45, 7) is 5.03. The second-order valence-corrected chi connectivity index (χ2v) is 6.58. The Morgan fingerprint density at radius 2 is 1.46 bits per heavy atom. The van der Waals surface area contributed by atoms with Crippen molar-refractivity contribution in [3.8, 4) is 0 Å². The number of carbonyl (C=O) groups is 1. The third-order valence-corrected chi connectivity index (χ3v) is 4.38. The number of nitrogens with zero attached hydrogens (tertiary/aromatic N) is 1. The van der Waals surface area contributed by atoms with Gasteiger partial charge in [0, 0.05) is 13.1 Å². The van der Waals surface area contributed by atoms with Crippen LogP contribution >= 0.6 is 0 Å². The minimum Gasteiger partial charge on any atom is -0.339 e. The monoisotopic (exact) mass is 375 g/mol. The maximum Gasteiger partial charge on any atom is 0.419 e. The number of benzene rings is 1. The molecule has 148 valence electrons. The fraction of sp³-hybridized carbons (Fsp3) is 0.650. The maximum absolute atomic E-state index is 14.3. The quantitative estimate of drug-likeness (QED) is 0.322. The number of amides is 1. The summed E-state index contributed by atoms with van der Waals surface area (Å²) in [5, 5.41) is 0. The molecule has 0 radical (unpaired) electrons. The fourth-order valence-electron chi connectivity index (χ4n) is 2.86. The van der Waals surface area contributed by atoms with Gasteiger partial charge in [0.05, 0.1) is 11.1 Å². The molecule has 0 bridgehead atoms. The SMILES string of the molecule is CCCCCCCN(CCCCC)C(=O)c1cccc(C(F)(F)F)c1F. The number of hydrogen-bond acceptors (Lipinski definition) is 1. The van der Waals surface area contributed by atoms with Crippen LogP contribution in [-0.4, -0.2) is 23.9 Å². The Bertz CT molecular complexity index is 557. The van der Waals surface area contributed by atoms with Crippen molar-refractivity contribution in [2.75, 3.05) is 13.1 Å². The van der Waals surface area contributed by atoms with Gasteiger partial charge in [0.1, 0.15) is 5.82 Å². The fourth-order valence-corrected chi connectivity index (χ4v) is 2.86. The van der Waals surface area contributed by atoms with Crippen LogP contribution in [0.5, 0.6) is 0 Å². The van der Waals surface area contributed by atoms with Gasteiger partial charge in [-0.1, -0.05) is 58.4 Å². The average Bonchev–Trinajstić information content (AvgIpc) is 2.58. The molecule has 2 nitrogen and oxygen atoms in total. The van der Waals surface area contributed by atoms with Crippen LogP contribution in [0.3, 0.4) is 0 Å². The number of unbranched alkanes of at least 4 members (excludes halogenated alkanes) is 6. The zero-order valence-corrected chi connectivity index (χ0v) is 15.7. The molecule has 6 heteroatoms. The first-order valence-electron chi connectivity index (χ1n) is 9.47. The molecular weight excluding hydrogens is 346 g/mol. The van der Waals surface area contributed by atoms with Gasteiger partial charge in [0.2, 0.25) is 0 Å². The smallest absolute Gasteiger partial charge is 0.339 e. The Morgan fingerprint density at radius 1 is 0.923 bits per heavy atom. The first-order chi connectivity index (χ1) is 12.3. The van der Waals surface area contributed by atoms with E-state index in [2.05, 4.69) is 6.92 Å². The predicted octanol–water partition coefficient (Wildman–Crippen LogP) is 6.45. The molecular formula is C20H29F4NO. The van der Waals surface area contributed by atoms with Crippen molar-refractivity contribution in [2.45, 2.75) is 71.4 Å². The van der Waals surface area contributed by atoms with Gasteiger partial charge < -0.3 is 4.90 Å². The summed E-state index contributed by atoms with van der Waals surface area (Å²) >= 11 is 0. The van der Waals surface area contributed by atoms with E-state index in [9.17, 15) is 22.4 Å². The van der Waals surface area contributed by atoms with Gasteiger partial charge in [-0.05, 0) is 25.0 Å². The van der Waals surface area contributed by atoms with E-state index in [1.54, 1.807) is 0 Å². The van der Waals surface area contributed by atoms with Gasteiger partial charge in [0.25, 0.3) is 5.91 Å². The van der Waals surface area contributed by atoms with Gasteiger partial charge in [-0.2, -0.15) is 13.2 Å². The summed E-state index contributed by atoms with van der Waals surface area (Å²) < 4.78 is 53.0. The number of hydrogen-bond donors (Lipinski definition) is 0. The van der Waals surface area contributed by atoms with Crippen LogP contribution in [0.4, 0.5) is 17.6 Å². The normalized spacial score (nSPS) is 11.6. The molecule has 1 rings (SSSR count). The first-order valence-corrected chi connectivity index (χ1v) is 9.47. The van der Waals surface area contributed by atoms with Crippen LogP contribution in [0.1, 0.15) is 81.1 Å². The van der Waals surface area contributed by atoms with E-state index in [4.69, 9.17) is 0 Å². The summed E-state index contributed by atoms with van der Waals surface area (Å²) in [6.07, 6.45) is 2.85. The highest BCUT2D eigenvalue weighted by molar-refractivity contribution is 5.94. The Balaban J connectivity index is 2.89. The van der Waals surface area contributed by atoms with E-state index in [-0.39, 0.29) is 0 Å². The van der Waals surface area contributed by atoms with Crippen LogP contribution in [0.25, 0.3) is 0 Å². The van der Waals surface area contributed by atoms with Crippen LogP contribution in [0, 0.1) is 5.82 Å². The second-order valence-electron chi connectivity index (χ2n) is 6.58. The molecule has 1 amide bonds. The lowest BCUT2D eigenvalue weighted by atomic mass is 10.1. The largest absolute Gasteiger partial charge is 0.419 e. The molecule has 0 aromatic heterocycles. The van der Waals surface area contributed by atoms with Crippen LogP contribution in [-0.2, 0) is 6.18 Å². The molecule has 1 aromatic rings. The molecule has 1 aromatic carbocycles. The van der Waals surface area contributed by atoms with Crippen molar-refractivity contribution in [3.63, 3.8) is 0 Å². The predicted molar refractivity (Wildman–Crippen MR) is 95.6 cm³/mol. The van der Waals surface area contributed by atoms with Crippen LogP contribution in [0.15, 0.2) is 18.2 Å². The van der Waals surface area contributed by atoms with Gasteiger partial charge in [-0.25, -0.2) is 4.39 Å². The van der Waals surface area contributed by atoms with Crippen molar-refractivity contribution in [3.05, 3.63) is 35.1 Å². The highest BCUT2D eigenvalue weighted by Crippen LogP contribution is 2.32. The van der Waals surface area contributed by atoms with Gasteiger partial charge in [0.15, 0.2) is 0 Å². The highest BCUT2D eigenvalue weighted by atomic mass is 19.4. The second kappa shape index (κ2) is 11.2. The van der Waals surface area contributed by atoms with Crippen molar-refractivity contribution in [2.24, 2.45) is 0 Å². The number of alkyl halides is 3. The first kappa shape index (κ1) is 22.5. The third-order valence-electron chi connectivity index (χ3n) is 4.38. The molecule has 0 atom stereocenters. The molecule has 0 aliphatic carbocycles. The van der Waals surface area contributed by atoms with E-state index in [1.807, 2.05) is 6.92 Å². The summed E-state index contributed by atoms with van der Waals surface area (Å²) in [6, 6.07) is 2.89. The summed E-state index contributed by atoms with van der Waals surface area (Å²) in [5.41, 5.74) is -1.88. The highest BCUT2D eigenvalue weighted by Gasteiger charge is 2.36. The maximum atomic E-state index is 14.3. The van der Waals surface area contributed by atoms with E-state index in [1.165, 1.54) is 4.90 Å². The molecule has 26 heavy (non-hydrogen) atoms.